The number of likely N-dealkylation sites (tertiary alicyclic amines) is 2. The van der Waals surface area contributed by atoms with Gasteiger partial charge in [-0.3, -0.25) is 14.4 Å². The molecule has 0 saturated carbocycles. The molecule has 0 aromatic heterocycles. The van der Waals surface area contributed by atoms with Crippen LogP contribution in [0.15, 0.2) is 24.3 Å². The number of hydrogen-bond donors (Lipinski definition) is 1. The van der Waals surface area contributed by atoms with E-state index in [4.69, 9.17) is 9.47 Å². The van der Waals surface area contributed by atoms with Crippen LogP contribution in [0.5, 0.6) is 5.75 Å². The molecule has 1 N–H and O–H groups in total. The summed E-state index contributed by atoms with van der Waals surface area (Å²) in [6, 6.07) is 6.43. The highest BCUT2D eigenvalue weighted by atomic mass is 16.7. The van der Waals surface area contributed by atoms with E-state index in [-0.39, 0.29) is 48.8 Å². The number of nitrogens with one attached hydrogen (secondary N) is 1. The van der Waals surface area contributed by atoms with Crippen LogP contribution in [0.2, 0.25) is 0 Å². The molecule has 3 amide bonds. The standard InChI is InChI=1S/C23H31N3O6/c1-4-31-23(30)32-19-7-5-16(6-8-19)22(29)25-11-9-18(10-12-25)24-21(28)17-13-20(27)26(14-17)15(2)3/h5-8,15,17-18H,4,9-14H2,1-3H3,(H,24,28). The molecule has 2 aliphatic rings. The zero-order valence-corrected chi connectivity index (χ0v) is 18.8. The molecule has 174 valence electrons. The molecule has 2 aliphatic heterocycles. The largest absolute Gasteiger partial charge is 0.513 e. The van der Waals surface area contributed by atoms with E-state index >= 15 is 0 Å². The quantitative estimate of drug-likeness (QED) is 0.532. The topological polar surface area (TPSA) is 105 Å². The number of ether oxygens (including phenoxy) is 2. The van der Waals surface area contributed by atoms with Crippen molar-refractivity contribution >= 4 is 23.9 Å². The van der Waals surface area contributed by atoms with E-state index in [0.717, 1.165) is 0 Å². The van der Waals surface area contributed by atoms with Gasteiger partial charge in [-0.05, 0) is 57.9 Å². The highest BCUT2D eigenvalue weighted by Gasteiger charge is 2.36. The Kier molecular flexibility index (Phi) is 7.71. The van der Waals surface area contributed by atoms with Crippen LogP contribution < -0.4 is 10.1 Å². The Morgan fingerprint density at radius 3 is 2.34 bits per heavy atom. The van der Waals surface area contributed by atoms with Gasteiger partial charge in [0, 0.05) is 43.7 Å². The van der Waals surface area contributed by atoms with Crippen LogP contribution in [0.4, 0.5) is 4.79 Å². The van der Waals surface area contributed by atoms with Crippen molar-refractivity contribution in [2.24, 2.45) is 5.92 Å². The van der Waals surface area contributed by atoms with Crippen molar-refractivity contribution in [3.8, 4) is 5.75 Å². The Hall–Kier alpha value is -3.10. The highest BCUT2D eigenvalue weighted by molar-refractivity contribution is 5.94. The van der Waals surface area contributed by atoms with Gasteiger partial charge in [-0.25, -0.2) is 4.79 Å². The minimum absolute atomic E-state index is 0.00453. The monoisotopic (exact) mass is 445 g/mol. The SMILES string of the molecule is CCOC(=O)Oc1ccc(C(=O)N2CCC(NC(=O)C3CC(=O)N(C(C)C)C3)CC2)cc1. The lowest BCUT2D eigenvalue weighted by atomic mass is 10.0. The lowest BCUT2D eigenvalue weighted by molar-refractivity contribution is -0.130. The molecule has 9 nitrogen and oxygen atoms in total. The van der Waals surface area contributed by atoms with Gasteiger partial charge in [-0.15, -0.1) is 0 Å². The fraction of sp³-hybridized carbons (Fsp3) is 0.565. The molecule has 0 bridgehead atoms. The molecule has 1 atom stereocenters. The average Bonchev–Trinajstić information content (AvgIpc) is 3.17. The van der Waals surface area contributed by atoms with E-state index in [1.54, 1.807) is 41.0 Å². The summed E-state index contributed by atoms with van der Waals surface area (Å²) in [6.45, 7) is 7.35. The van der Waals surface area contributed by atoms with Crippen molar-refractivity contribution in [3.05, 3.63) is 29.8 Å². The number of rotatable bonds is 6. The number of carbonyl (C=O) groups excluding carboxylic acids is 4. The number of piperidine rings is 1. The predicted octanol–water partition coefficient (Wildman–Crippen LogP) is 2.20. The predicted molar refractivity (Wildman–Crippen MR) is 116 cm³/mol. The van der Waals surface area contributed by atoms with Crippen LogP contribution in [0.1, 0.15) is 50.4 Å². The van der Waals surface area contributed by atoms with E-state index in [2.05, 4.69) is 5.32 Å². The number of hydrogen-bond acceptors (Lipinski definition) is 6. The third kappa shape index (κ3) is 5.77. The molecule has 9 heteroatoms. The Balaban J connectivity index is 1.46. The first kappa shape index (κ1) is 23.6. The Labute approximate surface area is 188 Å². The van der Waals surface area contributed by atoms with Gasteiger partial charge in [-0.1, -0.05) is 0 Å². The summed E-state index contributed by atoms with van der Waals surface area (Å²) in [5, 5.41) is 3.06. The molecule has 2 heterocycles. The highest BCUT2D eigenvalue weighted by Crippen LogP contribution is 2.22. The zero-order valence-electron chi connectivity index (χ0n) is 18.8. The molecular weight excluding hydrogens is 414 g/mol. The fourth-order valence-electron chi connectivity index (χ4n) is 4.04. The van der Waals surface area contributed by atoms with Crippen LogP contribution in [0.25, 0.3) is 0 Å². The lowest BCUT2D eigenvalue weighted by Gasteiger charge is -2.33. The van der Waals surface area contributed by atoms with Crippen molar-refractivity contribution in [1.82, 2.24) is 15.1 Å². The lowest BCUT2D eigenvalue weighted by Crippen LogP contribution is -2.48. The number of benzene rings is 1. The molecule has 0 spiro atoms. The number of carbonyl (C=O) groups is 4. The van der Waals surface area contributed by atoms with Gasteiger partial charge < -0.3 is 24.6 Å². The van der Waals surface area contributed by atoms with Gasteiger partial charge in [-0.2, -0.15) is 0 Å². The summed E-state index contributed by atoms with van der Waals surface area (Å²) in [6.07, 6.45) is 0.804. The molecule has 0 radical (unpaired) electrons. The van der Waals surface area contributed by atoms with Crippen molar-refractivity contribution in [2.45, 2.75) is 52.1 Å². The van der Waals surface area contributed by atoms with Crippen LogP contribution in [0, 0.1) is 5.92 Å². The second-order valence-corrected chi connectivity index (χ2v) is 8.43. The fourth-order valence-corrected chi connectivity index (χ4v) is 4.04. The van der Waals surface area contributed by atoms with E-state index < -0.39 is 6.16 Å². The molecular formula is C23H31N3O6. The molecule has 0 aliphatic carbocycles. The minimum atomic E-state index is -0.783. The average molecular weight is 446 g/mol. The summed E-state index contributed by atoms with van der Waals surface area (Å²) >= 11 is 0. The van der Waals surface area contributed by atoms with Crippen LogP contribution in [0.3, 0.4) is 0 Å². The van der Waals surface area contributed by atoms with Gasteiger partial charge in [0.1, 0.15) is 5.75 Å². The second-order valence-electron chi connectivity index (χ2n) is 8.43. The third-order valence-electron chi connectivity index (χ3n) is 5.85. The van der Waals surface area contributed by atoms with Crippen LogP contribution >= 0.6 is 0 Å². The first-order valence-electron chi connectivity index (χ1n) is 11.1. The van der Waals surface area contributed by atoms with Crippen molar-refractivity contribution in [1.29, 1.82) is 0 Å². The maximum atomic E-state index is 12.8. The summed E-state index contributed by atoms with van der Waals surface area (Å²) in [7, 11) is 0. The van der Waals surface area contributed by atoms with Gasteiger partial charge in [0.25, 0.3) is 5.91 Å². The van der Waals surface area contributed by atoms with E-state index in [0.29, 0.717) is 43.8 Å². The van der Waals surface area contributed by atoms with Crippen molar-refractivity contribution in [3.63, 3.8) is 0 Å². The molecule has 2 fully saturated rings. The normalized spacial score (nSPS) is 19.2. The Morgan fingerprint density at radius 1 is 1.12 bits per heavy atom. The second kappa shape index (κ2) is 10.5. The maximum Gasteiger partial charge on any atom is 0.513 e. The Morgan fingerprint density at radius 2 is 1.78 bits per heavy atom. The smallest absolute Gasteiger partial charge is 0.434 e. The van der Waals surface area contributed by atoms with Crippen molar-refractivity contribution < 1.29 is 28.7 Å². The minimum Gasteiger partial charge on any atom is -0.434 e. The summed E-state index contributed by atoms with van der Waals surface area (Å²) in [5.41, 5.74) is 0.502. The van der Waals surface area contributed by atoms with E-state index in [1.165, 1.54) is 0 Å². The first-order chi connectivity index (χ1) is 15.3. The van der Waals surface area contributed by atoms with E-state index in [9.17, 15) is 19.2 Å². The first-order valence-corrected chi connectivity index (χ1v) is 11.1. The molecule has 1 aromatic carbocycles. The van der Waals surface area contributed by atoms with Crippen molar-refractivity contribution in [2.75, 3.05) is 26.2 Å². The third-order valence-corrected chi connectivity index (χ3v) is 5.85. The van der Waals surface area contributed by atoms with E-state index in [1.807, 2.05) is 13.8 Å². The zero-order chi connectivity index (χ0) is 23.3. The van der Waals surface area contributed by atoms with Crippen LogP contribution in [-0.4, -0.2) is 72.0 Å². The van der Waals surface area contributed by atoms with Gasteiger partial charge in [0.05, 0.1) is 12.5 Å². The number of nitrogens with zero attached hydrogens (tertiary/aromatic N) is 2. The van der Waals surface area contributed by atoms with Gasteiger partial charge >= 0.3 is 6.16 Å². The van der Waals surface area contributed by atoms with Crippen LogP contribution in [-0.2, 0) is 14.3 Å². The molecule has 1 aromatic rings. The number of amides is 3. The molecule has 1 unspecified atom stereocenters. The molecule has 32 heavy (non-hydrogen) atoms. The molecule has 2 saturated heterocycles. The van der Waals surface area contributed by atoms with Gasteiger partial charge in [0.15, 0.2) is 0 Å². The van der Waals surface area contributed by atoms with Gasteiger partial charge in [0.2, 0.25) is 11.8 Å². The summed E-state index contributed by atoms with van der Waals surface area (Å²) in [4.78, 5) is 52.3. The summed E-state index contributed by atoms with van der Waals surface area (Å²) in [5.74, 6) is -0.156. The Bertz CT molecular complexity index is 846. The molecule has 3 rings (SSSR count). The maximum absolute atomic E-state index is 12.8. The summed E-state index contributed by atoms with van der Waals surface area (Å²) < 4.78 is 9.73.